The fraction of sp³-hybridized carbons (Fsp3) is 0.357. The maximum atomic E-state index is 6.06. The Bertz CT molecular complexity index is 531. The van der Waals surface area contributed by atoms with Gasteiger partial charge >= 0.3 is 0 Å². The zero-order chi connectivity index (χ0) is 13.8. The summed E-state index contributed by atoms with van der Waals surface area (Å²) in [4.78, 5) is 0. The van der Waals surface area contributed by atoms with Crippen molar-refractivity contribution in [3.63, 3.8) is 0 Å². The van der Waals surface area contributed by atoms with Crippen molar-refractivity contribution in [3.8, 4) is 0 Å². The molecule has 1 aromatic heterocycles. The van der Waals surface area contributed by atoms with Crippen molar-refractivity contribution in [3.05, 3.63) is 51.8 Å². The molecule has 19 heavy (non-hydrogen) atoms. The lowest BCUT2D eigenvalue weighted by molar-refractivity contribution is 0.600. The number of hydrogen-bond donors (Lipinski definition) is 1. The summed E-state index contributed by atoms with van der Waals surface area (Å²) in [6.45, 7) is 3.06. The number of halogens is 2. The SMILES string of the molecule is CCCn1cc(C(NC)c2cc(Cl)cc(Cl)c2)cn1. The van der Waals surface area contributed by atoms with Crippen LogP contribution in [0.3, 0.4) is 0 Å². The first-order valence-electron chi connectivity index (χ1n) is 6.29. The first kappa shape index (κ1) is 14.4. The van der Waals surface area contributed by atoms with Gasteiger partial charge in [0.15, 0.2) is 0 Å². The van der Waals surface area contributed by atoms with Crippen molar-refractivity contribution in [1.29, 1.82) is 0 Å². The predicted octanol–water partition coefficient (Wildman–Crippen LogP) is 3.91. The molecule has 2 rings (SSSR count). The van der Waals surface area contributed by atoms with Crippen LogP contribution >= 0.6 is 23.2 Å². The third-order valence-corrected chi connectivity index (χ3v) is 3.38. The molecule has 102 valence electrons. The molecule has 1 aromatic carbocycles. The fourth-order valence-corrected chi connectivity index (χ4v) is 2.69. The number of rotatable bonds is 5. The van der Waals surface area contributed by atoms with Crippen molar-refractivity contribution in [2.75, 3.05) is 7.05 Å². The Labute approximate surface area is 123 Å². The van der Waals surface area contributed by atoms with Crippen LogP contribution in [0.25, 0.3) is 0 Å². The minimum atomic E-state index is 0.0433. The lowest BCUT2D eigenvalue weighted by Crippen LogP contribution is -2.17. The Kier molecular flexibility index (Phi) is 4.86. The van der Waals surface area contributed by atoms with Gasteiger partial charge in [-0.2, -0.15) is 5.10 Å². The van der Waals surface area contributed by atoms with E-state index in [9.17, 15) is 0 Å². The number of nitrogens with one attached hydrogen (secondary N) is 1. The highest BCUT2D eigenvalue weighted by atomic mass is 35.5. The average molecular weight is 298 g/mol. The van der Waals surface area contributed by atoms with E-state index in [1.807, 2.05) is 30.1 Å². The van der Waals surface area contributed by atoms with Crippen molar-refractivity contribution in [2.24, 2.45) is 0 Å². The van der Waals surface area contributed by atoms with E-state index in [4.69, 9.17) is 23.2 Å². The summed E-state index contributed by atoms with van der Waals surface area (Å²) in [7, 11) is 1.91. The van der Waals surface area contributed by atoms with Crippen LogP contribution in [-0.2, 0) is 6.54 Å². The van der Waals surface area contributed by atoms with Crippen LogP contribution < -0.4 is 5.32 Å². The van der Waals surface area contributed by atoms with Gasteiger partial charge in [0.25, 0.3) is 0 Å². The second kappa shape index (κ2) is 6.42. The summed E-state index contributed by atoms with van der Waals surface area (Å²) in [5, 5.41) is 8.91. The van der Waals surface area contributed by atoms with E-state index in [1.54, 1.807) is 6.07 Å². The van der Waals surface area contributed by atoms with Gasteiger partial charge in [-0.3, -0.25) is 4.68 Å². The Hall–Kier alpha value is -1.03. The average Bonchev–Trinajstić information content (AvgIpc) is 2.78. The maximum absolute atomic E-state index is 6.06. The molecule has 5 heteroatoms. The lowest BCUT2D eigenvalue weighted by atomic mass is 10.0. The highest BCUT2D eigenvalue weighted by Gasteiger charge is 2.15. The zero-order valence-electron chi connectivity index (χ0n) is 11.0. The van der Waals surface area contributed by atoms with Gasteiger partial charge in [0.2, 0.25) is 0 Å². The molecule has 0 fully saturated rings. The van der Waals surface area contributed by atoms with E-state index < -0.39 is 0 Å². The van der Waals surface area contributed by atoms with E-state index >= 15 is 0 Å². The van der Waals surface area contributed by atoms with Crippen molar-refractivity contribution in [2.45, 2.75) is 25.9 Å². The second-order valence-corrected chi connectivity index (χ2v) is 5.33. The van der Waals surface area contributed by atoms with Gasteiger partial charge in [-0.05, 0) is 37.2 Å². The van der Waals surface area contributed by atoms with Crippen LogP contribution in [0.1, 0.15) is 30.5 Å². The van der Waals surface area contributed by atoms with E-state index in [2.05, 4.69) is 23.5 Å². The summed E-state index contributed by atoms with van der Waals surface area (Å²) >= 11 is 12.1. The molecule has 3 nitrogen and oxygen atoms in total. The zero-order valence-corrected chi connectivity index (χ0v) is 12.5. The minimum absolute atomic E-state index is 0.0433. The van der Waals surface area contributed by atoms with Crippen LogP contribution in [0.15, 0.2) is 30.6 Å². The largest absolute Gasteiger partial charge is 0.309 e. The molecule has 0 aliphatic rings. The molecule has 0 saturated heterocycles. The maximum Gasteiger partial charge on any atom is 0.0606 e. The Balaban J connectivity index is 2.32. The van der Waals surface area contributed by atoms with E-state index in [0.717, 1.165) is 24.1 Å². The first-order chi connectivity index (χ1) is 9.13. The summed E-state index contributed by atoms with van der Waals surface area (Å²) in [6.07, 6.45) is 5.00. The second-order valence-electron chi connectivity index (χ2n) is 4.46. The van der Waals surface area contributed by atoms with Crippen LogP contribution in [0, 0.1) is 0 Å². The number of aryl methyl sites for hydroxylation is 1. The molecule has 1 N–H and O–H groups in total. The van der Waals surface area contributed by atoms with Gasteiger partial charge in [-0.25, -0.2) is 0 Å². The molecule has 1 heterocycles. The molecule has 0 aliphatic heterocycles. The Morgan fingerprint density at radius 1 is 1.21 bits per heavy atom. The number of aromatic nitrogens is 2. The van der Waals surface area contributed by atoms with Gasteiger partial charge in [-0.15, -0.1) is 0 Å². The highest BCUT2D eigenvalue weighted by Crippen LogP contribution is 2.27. The monoisotopic (exact) mass is 297 g/mol. The highest BCUT2D eigenvalue weighted by molar-refractivity contribution is 6.34. The van der Waals surface area contributed by atoms with Gasteiger partial charge < -0.3 is 5.32 Å². The van der Waals surface area contributed by atoms with Gasteiger partial charge in [-0.1, -0.05) is 30.1 Å². The fourth-order valence-electron chi connectivity index (χ4n) is 2.15. The van der Waals surface area contributed by atoms with Gasteiger partial charge in [0.1, 0.15) is 0 Å². The summed E-state index contributed by atoms with van der Waals surface area (Å²) in [6, 6.07) is 5.62. The number of nitrogens with zero attached hydrogens (tertiary/aromatic N) is 2. The molecule has 0 bridgehead atoms. The predicted molar refractivity (Wildman–Crippen MR) is 79.9 cm³/mol. The van der Waals surface area contributed by atoms with E-state index in [-0.39, 0.29) is 6.04 Å². The quantitative estimate of drug-likeness (QED) is 0.907. The lowest BCUT2D eigenvalue weighted by Gasteiger charge is -2.15. The Morgan fingerprint density at radius 2 is 1.89 bits per heavy atom. The number of hydrogen-bond acceptors (Lipinski definition) is 2. The molecule has 2 aromatic rings. The third-order valence-electron chi connectivity index (χ3n) is 2.95. The van der Waals surface area contributed by atoms with Crippen molar-refractivity contribution in [1.82, 2.24) is 15.1 Å². The van der Waals surface area contributed by atoms with E-state index in [0.29, 0.717) is 10.0 Å². The molecule has 0 amide bonds. The molecule has 0 spiro atoms. The molecular weight excluding hydrogens is 281 g/mol. The first-order valence-corrected chi connectivity index (χ1v) is 7.05. The summed E-state index contributed by atoms with van der Waals surface area (Å²) in [5.41, 5.74) is 2.14. The summed E-state index contributed by atoms with van der Waals surface area (Å²) < 4.78 is 1.95. The standard InChI is InChI=1S/C14H17Cl2N3/c1-3-4-19-9-11(8-18-19)14(17-2)10-5-12(15)7-13(16)6-10/h5-9,14,17H,3-4H2,1-2H3. The number of benzene rings is 1. The van der Waals surface area contributed by atoms with Crippen LogP contribution in [0.4, 0.5) is 0 Å². The molecule has 0 radical (unpaired) electrons. The van der Waals surface area contributed by atoms with Crippen molar-refractivity contribution >= 4 is 23.2 Å². The Morgan fingerprint density at radius 3 is 2.47 bits per heavy atom. The molecule has 0 saturated carbocycles. The molecule has 1 unspecified atom stereocenters. The summed E-state index contributed by atoms with van der Waals surface area (Å²) in [5.74, 6) is 0. The minimum Gasteiger partial charge on any atom is -0.309 e. The third kappa shape index (κ3) is 3.50. The van der Waals surface area contributed by atoms with Gasteiger partial charge in [0, 0.05) is 28.4 Å². The topological polar surface area (TPSA) is 29.9 Å². The molecular formula is C14H17Cl2N3. The van der Waals surface area contributed by atoms with Gasteiger partial charge in [0.05, 0.1) is 12.2 Å². The molecule has 1 atom stereocenters. The van der Waals surface area contributed by atoms with Crippen LogP contribution in [0.2, 0.25) is 10.0 Å². The van der Waals surface area contributed by atoms with E-state index in [1.165, 1.54) is 0 Å². The smallest absolute Gasteiger partial charge is 0.0606 e. The van der Waals surface area contributed by atoms with Crippen molar-refractivity contribution < 1.29 is 0 Å². The normalized spacial score (nSPS) is 12.6. The van der Waals surface area contributed by atoms with Crippen LogP contribution in [0.5, 0.6) is 0 Å². The van der Waals surface area contributed by atoms with Crippen LogP contribution in [-0.4, -0.2) is 16.8 Å². The molecule has 0 aliphatic carbocycles.